The van der Waals surface area contributed by atoms with Crippen molar-refractivity contribution in [2.75, 3.05) is 11.5 Å². The molecule has 0 unspecified atom stereocenters. The maximum Gasteiger partial charge on any atom is 0.181 e. The molecule has 0 fully saturated rings. The molecule has 0 amide bonds. The average Bonchev–Trinajstić information content (AvgIpc) is 2.73. The van der Waals surface area contributed by atoms with Crippen molar-refractivity contribution in [3.63, 3.8) is 0 Å². The van der Waals surface area contributed by atoms with Crippen LogP contribution in [0.2, 0.25) is 0 Å². The summed E-state index contributed by atoms with van der Waals surface area (Å²) in [5.74, 6) is 1.65. The van der Waals surface area contributed by atoms with Gasteiger partial charge in [-0.15, -0.1) is 0 Å². The second kappa shape index (κ2) is 5.18. The molecule has 0 aliphatic rings. The number of aromatic nitrogens is 4. The Morgan fingerprint density at radius 1 is 1.33 bits per heavy atom. The van der Waals surface area contributed by atoms with Crippen LogP contribution >= 0.6 is 24.4 Å². The maximum absolute atomic E-state index is 4.20. The Kier molecular flexibility index (Phi) is 3.63. The number of thiol groups is 1. The van der Waals surface area contributed by atoms with E-state index >= 15 is 0 Å². The molecule has 15 heavy (non-hydrogen) atoms. The molecule has 0 aliphatic heterocycles. The molecule has 0 aliphatic carbocycles. The number of H-pyrrole nitrogens is 1. The van der Waals surface area contributed by atoms with E-state index in [1.165, 1.54) is 6.33 Å². The number of nitrogens with one attached hydrogen (secondary N) is 1. The Bertz CT molecular complexity index is 466. The third-order valence-corrected chi connectivity index (χ3v) is 2.93. The van der Waals surface area contributed by atoms with Gasteiger partial charge in [0.05, 0.1) is 6.33 Å². The first kappa shape index (κ1) is 10.5. The summed E-state index contributed by atoms with van der Waals surface area (Å²) >= 11 is 5.74. The molecule has 0 saturated heterocycles. The van der Waals surface area contributed by atoms with Gasteiger partial charge in [-0.05, 0) is 0 Å². The van der Waals surface area contributed by atoms with Crippen LogP contribution in [0.3, 0.4) is 0 Å². The summed E-state index contributed by atoms with van der Waals surface area (Å²) < 4.78 is 0. The molecular formula is C9H10N4S2. The number of hydrogen-bond acceptors (Lipinski definition) is 5. The first-order valence-electron chi connectivity index (χ1n) is 4.44. The summed E-state index contributed by atoms with van der Waals surface area (Å²) in [6.07, 6.45) is 7.25. The van der Waals surface area contributed by atoms with E-state index < -0.39 is 0 Å². The SMILES string of the molecule is SCC=CCSc1ncnc2nc[nH]c12. The van der Waals surface area contributed by atoms with Crippen LogP contribution in [-0.4, -0.2) is 31.4 Å². The Labute approximate surface area is 97.0 Å². The van der Waals surface area contributed by atoms with Crippen molar-refractivity contribution in [1.29, 1.82) is 0 Å². The van der Waals surface area contributed by atoms with Crippen LogP contribution in [0.1, 0.15) is 0 Å². The van der Waals surface area contributed by atoms with Gasteiger partial charge in [0.15, 0.2) is 5.65 Å². The Balaban J connectivity index is 2.13. The Morgan fingerprint density at radius 2 is 2.27 bits per heavy atom. The zero-order valence-electron chi connectivity index (χ0n) is 7.92. The highest BCUT2D eigenvalue weighted by molar-refractivity contribution is 7.99. The minimum Gasteiger partial charge on any atom is -0.341 e. The molecule has 1 N–H and O–H groups in total. The van der Waals surface area contributed by atoms with Gasteiger partial charge in [-0.25, -0.2) is 15.0 Å². The van der Waals surface area contributed by atoms with Gasteiger partial charge in [0, 0.05) is 11.5 Å². The minimum absolute atomic E-state index is 0.714. The number of hydrogen-bond donors (Lipinski definition) is 2. The van der Waals surface area contributed by atoms with E-state index in [4.69, 9.17) is 0 Å². The van der Waals surface area contributed by atoms with Crippen LogP contribution in [0.25, 0.3) is 11.2 Å². The van der Waals surface area contributed by atoms with Gasteiger partial charge in [-0.2, -0.15) is 12.6 Å². The monoisotopic (exact) mass is 238 g/mol. The molecule has 2 heterocycles. The van der Waals surface area contributed by atoms with Crippen LogP contribution in [0.5, 0.6) is 0 Å². The molecule has 0 saturated carbocycles. The second-order valence-corrected chi connectivity index (χ2v) is 4.12. The largest absolute Gasteiger partial charge is 0.341 e. The molecule has 0 radical (unpaired) electrons. The van der Waals surface area contributed by atoms with Crippen LogP contribution in [0.15, 0.2) is 29.8 Å². The molecule has 0 aromatic carbocycles. The number of aromatic amines is 1. The second-order valence-electron chi connectivity index (χ2n) is 2.74. The lowest BCUT2D eigenvalue weighted by Crippen LogP contribution is -1.86. The summed E-state index contributed by atoms with van der Waals surface area (Å²) in [4.78, 5) is 15.4. The fourth-order valence-electron chi connectivity index (χ4n) is 1.12. The van der Waals surface area contributed by atoms with Gasteiger partial charge >= 0.3 is 0 Å². The first-order valence-corrected chi connectivity index (χ1v) is 6.06. The lowest BCUT2D eigenvalue weighted by Gasteiger charge is -1.97. The standard InChI is InChI=1S/C9H10N4S2/c14-3-1-2-4-15-9-7-8(11-5-10-7)12-6-13-9/h1-2,5-6,14H,3-4H2,(H,10,11,12,13). The predicted octanol–water partition coefficient (Wildman–Crippen LogP) is 1.93. The number of thioether (sulfide) groups is 1. The van der Waals surface area contributed by atoms with Crippen molar-refractivity contribution in [3.05, 3.63) is 24.8 Å². The van der Waals surface area contributed by atoms with Crippen molar-refractivity contribution < 1.29 is 0 Å². The van der Waals surface area contributed by atoms with Crippen molar-refractivity contribution in [1.82, 2.24) is 19.9 Å². The first-order chi connectivity index (χ1) is 7.42. The van der Waals surface area contributed by atoms with E-state index in [2.05, 4.69) is 38.6 Å². The molecule has 2 aromatic heterocycles. The zero-order chi connectivity index (χ0) is 10.5. The van der Waals surface area contributed by atoms with Crippen LogP contribution < -0.4 is 0 Å². The molecule has 2 aromatic rings. The summed E-state index contributed by atoms with van der Waals surface area (Å²) in [5.41, 5.74) is 1.62. The highest BCUT2D eigenvalue weighted by Crippen LogP contribution is 2.21. The zero-order valence-corrected chi connectivity index (χ0v) is 9.63. The van der Waals surface area contributed by atoms with Gasteiger partial charge in [-0.3, -0.25) is 0 Å². The van der Waals surface area contributed by atoms with E-state index in [-0.39, 0.29) is 0 Å². The van der Waals surface area contributed by atoms with Crippen molar-refractivity contribution in [3.8, 4) is 0 Å². The average molecular weight is 238 g/mol. The third kappa shape index (κ3) is 2.51. The molecule has 0 bridgehead atoms. The van der Waals surface area contributed by atoms with Gasteiger partial charge in [0.25, 0.3) is 0 Å². The summed E-state index contributed by atoms with van der Waals surface area (Å²) in [6, 6.07) is 0. The van der Waals surface area contributed by atoms with Gasteiger partial charge in [-0.1, -0.05) is 23.9 Å². The quantitative estimate of drug-likeness (QED) is 0.370. The normalized spacial score (nSPS) is 11.5. The number of rotatable bonds is 4. The highest BCUT2D eigenvalue weighted by Gasteiger charge is 2.04. The molecular weight excluding hydrogens is 228 g/mol. The molecule has 4 nitrogen and oxygen atoms in total. The summed E-state index contributed by atoms with van der Waals surface area (Å²) in [7, 11) is 0. The lowest BCUT2D eigenvalue weighted by molar-refractivity contribution is 1.09. The Morgan fingerprint density at radius 3 is 3.13 bits per heavy atom. The van der Waals surface area contributed by atoms with Crippen molar-refractivity contribution in [2.45, 2.75) is 5.03 Å². The molecule has 78 valence electrons. The van der Waals surface area contributed by atoms with Crippen LogP contribution in [0, 0.1) is 0 Å². The van der Waals surface area contributed by atoms with E-state index in [1.807, 2.05) is 6.08 Å². The van der Waals surface area contributed by atoms with E-state index in [9.17, 15) is 0 Å². The smallest absolute Gasteiger partial charge is 0.181 e. The van der Waals surface area contributed by atoms with Gasteiger partial charge in [0.1, 0.15) is 16.9 Å². The minimum atomic E-state index is 0.714. The van der Waals surface area contributed by atoms with E-state index in [1.54, 1.807) is 18.1 Å². The van der Waals surface area contributed by atoms with Gasteiger partial charge in [0.2, 0.25) is 0 Å². The van der Waals surface area contributed by atoms with Crippen LogP contribution in [0.4, 0.5) is 0 Å². The maximum atomic E-state index is 4.20. The fourth-order valence-corrected chi connectivity index (χ4v) is 2.08. The molecule has 0 atom stereocenters. The fraction of sp³-hybridized carbons (Fsp3) is 0.222. The van der Waals surface area contributed by atoms with E-state index in [0.717, 1.165) is 22.0 Å². The number of fused-ring (bicyclic) bond motifs is 1. The summed E-state index contributed by atoms with van der Waals surface area (Å²) in [5, 5.41) is 0.932. The Hall–Kier alpha value is -1.01. The van der Waals surface area contributed by atoms with E-state index in [0.29, 0.717) is 5.65 Å². The number of imidazole rings is 1. The molecule has 2 rings (SSSR count). The molecule has 6 heteroatoms. The van der Waals surface area contributed by atoms with Gasteiger partial charge < -0.3 is 4.98 Å². The highest BCUT2D eigenvalue weighted by atomic mass is 32.2. The predicted molar refractivity (Wildman–Crippen MR) is 65.4 cm³/mol. The van der Waals surface area contributed by atoms with Crippen molar-refractivity contribution in [2.24, 2.45) is 0 Å². The lowest BCUT2D eigenvalue weighted by atomic mass is 10.6. The third-order valence-electron chi connectivity index (χ3n) is 1.78. The molecule has 0 spiro atoms. The van der Waals surface area contributed by atoms with Crippen LogP contribution in [-0.2, 0) is 0 Å². The van der Waals surface area contributed by atoms with Crippen molar-refractivity contribution >= 4 is 35.6 Å². The number of nitrogens with zero attached hydrogens (tertiary/aromatic N) is 3. The summed E-state index contributed by atoms with van der Waals surface area (Å²) in [6.45, 7) is 0. The topological polar surface area (TPSA) is 54.5 Å².